The molecule has 0 fully saturated rings. The van der Waals surface area contributed by atoms with Gasteiger partial charge < -0.3 is 25.0 Å². The molecule has 2 aromatic rings. The molecule has 0 radical (unpaired) electrons. The average Bonchev–Trinajstić information content (AvgIpc) is 2.72. The number of amides is 1. The molecule has 1 aliphatic heterocycles. The van der Waals surface area contributed by atoms with Gasteiger partial charge in [-0.15, -0.1) is 0 Å². The van der Waals surface area contributed by atoms with Gasteiger partial charge in [0, 0.05) is 31.5 Å². The Morgan fingerprint density at radius 2 is 1.96 bits per heavy atom. The number of hydrogen-bond donors (Lipinski definition) is 1. The van der Waals surface area contributed by atoms with Crippen LogP contribution in [0.5, 0.6) is 11.5 Å². The summed E-state index contributed by atoms with van der Waals surface area (Å²) in [4.78, 5) is 17.0. The van der Waals surface area contributed by atoms with Gasteiger partial charge in [0.1, 0.15) is 6.04 Å². The van der Waals surface area contributed by atoms with E-state index in [0.717, 1.165) is 41.9 Å². The van der Waals surface area contributed by atoms with Gasteiger partial charge in [0.05, 0.1) is 14.2 Å². The summed E-state index contributed by atoms with van der Waals surface area (Å²) in [7, 11) is 5.05. The first-order valence-corrected chi connectivity index (χ1v) is 9.56. The number of rotatable bonds is 6. The summed E-state index contributed by atoms with van der Waals surface area (Å²) in [6, 6.07) is 11.4. The number of carbonyl (C=O) groups excluding carboxylic acids is 1. The summed E-state index contributed by atoms with van der Waals surface area (Å²) in [6.07, 6.45) is 1.96. The first-order valence-electron chi connectivity index (χ1n) is 9.56. The highest BCUT2D eigenvalue weighted by atomic mass is 16.5. The van der Waals surface area contributed by atoms with Gasteiger partial charge in [-0.3, -0.25) is 4.79 Å². The van der Waals surface area contributed by atoms with Crippen LogP contribution in [0.2, 0.25) is 0 Å². The SMILES string of the molecule is COc1ccc(CN(C)C(=O)C(C)N2CCCc3c(N)cccc32)cc1OC. The topological polar surface area (TPSA) is 68.0 Å². The van der Waals surface area contributed by atoms with E-state index in [1.165, 1.54) is 0 Å². The molecule has 3 rings (SSSR count). The minimum Gasteiger partial charge on any atom is -0.493 e. The van der Waals surface area contributed by atoms with Crippen molar-refractivity contribution < 1.29 is 14.3 Å². The van der Waals surface area contributed by atoms with Crippen molar-refractivity contribution in [2.75, 3.05) is 38.4 Å². The number of hydrogen-bond acceptors (Lipinski definition) is 5. The number of benzene rings is 2. The molecular formula is C22H29N3O3. The van der Waals surface area contributed by atoms with Crippen LogP contribution in [0.15, 0.2) is 36.4 Å². The molecule has 2 N–H and O–H groups in total. The van der Waals surface area contributed by atoms with Crippen LogP contribution in [0.4, 0.5) is 11.4 Å². The Labute approximate surface area is 166 Å². The van der Waals surface area contributed by atoms with Crippen molar-refractivity contribution in [3.63, 3.8) is 0 Å². The van der Waals surface area contributed by atoms with E-state index in [1.54, 1.807) is 19.1 Å². The van der Waals surface area contributed by atoms with E-state index in [2.05, 4.69) is 11.0 Å². The van der Waals surface area contributed by atoms with Crippen molar-refractivity contribution in [3.05, 3.63) is 47.5 Å². The second-order valence-corrected chi connectivity index (χ2v) is 7.20. The number of fused-ring (bicyclic) bond motifs is 1. The molecule has 28 heavy (non-hydrogen) atoms. The van der Waals surface area contributed by atoms with Crippen molar-refractivity contribution in [1.29, 1.82) is 0 Å². The molecule has 0 spiro atoms. The van der Waals surface area contributed by atoms with Gasteiger partial charge in [0.15, 0.2) is 11.5 Å². The van der Waals surface area contributed by atoms with E-state index in [4.69, 9.17) is 15.2 Å². The number of nitrogens with zero attached hydrogens (tertiary/aromatic N) is 2. The zero-order valence-corrected chi connectivity index (χ0v) is 17.1. The maximum Gasteiger partial charge on any atom is 0.245 e. The van der Waals surface area contributed by atoms with Crippen LogP contribution in [-0.4, -0.2) is 44.7 Å². The van der Waals surface area contributed by atoms with Crippen LogP contribution in [0.3, 0.4) is 0 Å². The van der Waals surface area contributed by atoms with Crippen LogP contribution in [0.1, 0.15) is 24.5 Å². The molecule has 150 valence electrons. The van der Waals surface area contributed by atoms with Crippen molar-refractivity contribution in [2.24, 2.45) is 0 Å². The Balaban J connectivity index is 1.75. The number of anilines is 2. The van der Waals surface area contributed by atoms with Gasteiger partial charge in [0.25, 0.3) is 0 Å². The minimum atomic E-state index is -0.258. The zero-order valence-electron chi connectivity index (χ0n) is 17.1. The summed E-state index contributed by atoms with van der Waals surface area (Å²) in [5.41, 5.74) is 10.2. The third-order valence-electron chi connectivity index (χ3n) is 5.39. The predicted octanol–water partition coefficient (Wildman–Crippen LogP) is 3.09. The summed E-state index contributed by atoms with van der Waals surface area (Å²) in [5, 5.41) is 0. The van der Waals surface area contributed by atoms with Gasteiger partial charge in [-0.1, -0.05) is 12.1 Å². The zero-order chi connectivity index (χ0) is 20.3. The summed E-state index contributed by atoms with van der Waals surface area (Å²) < 4.78 is 10.6. The number of methoxy groups -OCH3 is 2. The second kappa shape index (κ2) is 8.42. The maximum atomic E-state index is 13.1. The third kappa shape index (κ3) is 3.86. The van der Waals surface area contributed by atoms with Crippen LogP contribution in [0, 0.1) is 0 Å². The highest BCUT2D eigenvalue weighted by Gasteiger charge is 2.28. The molecule has 0 bridgehead atoms. The lowest BCUT2D eigenvalue weighted by atomic mass is 9.98. The van der Waals surface area contributed by atoms with Gasteiger partial charge in [-0.2, -0.15) is 0 Å². The first-order chi connectivity index (χ1) is 13.5. The van der Waals surface area contributed by atoms with Gasteiger partial charge >= 0.3 is 0 Å². The molecule has 0 aromatic heterocycles. The number of nitrogens with two attached hydrogens (primary N) is 1. The number of nitrogen functional groups attached to an aromatic ring is 1. The fourth-order valence-electron chi connectivity index (χ4n) is 3.87. The van der Waals surface area contributed by atoms with E-state index in [-0.39, 0.29) is 11.9 Å². The van der Waals surface area contributed by atoms with E-state index < -0.39 is 0 Å². The standard InChI is InChI=1S/C22H29N3O3/c1-15(25-12-6-7-17-18(23)8-5-9-19(17)25)22(26)24(2)14-16-10-11-20(27-3)21(13-16)28-4/h5,8-11,13,15H,6-7,12,14,23H2,1-4H3. The van der Waals surface area contributed by atoms with Gasteiger partial charge in [-0.25, -0.2) is 0 Å². The summed E-state index contributed by atoms with van der Waals surface area (Å²) >= 11 is 0. The lowest BCUT2D eigenvalue weighted by Gasteiger charge is -2.37. The molecule has 1 amide bonds. The van der Waals surface area contributed by atoms with Crippen LogP contribution >= 0.6 is 0 Å². The van der Waals surface area contributed by atoms with E-state index >= 15 is 0 Å². The number of likely N-dealkylation sites (N-methyl/N-ethyl adjacent to an activating group) is 1. The highest BCUT2D eigenvalue weighted by molar-refractivity contribution is 5.86. The average molecular weight is 383 g/mol. The van der Waals surface area contributed by atoms with Crippen molar-refractivity contribution >= 4 is 17.3 Å². The Morgan fingerprint density at radius 1 is 1.21 bits per heavy atom. The summed E-state index contributed by atoms with van der Waals surface area (Å²) in [5.74, 6) is 1.41. The minimum absolute atomic E-state index is 0.0741. The number of carbonyl (C=O) groups is 1. The quantitative estimate of drug-likeness (QED) is 0.777. The van der Waals surface area contributed by atoms with Crippen molar-refractivity contribution in [2.45, 2.75) is 32.4 Å². The first kappa shape index (κ1) is 19.9. The Kier molecular flexibility index (Phi) is 5.97. The predicted molar refractivity (Wildman–Crippen MR) is 112 cm³/mol. The monoisotopic (exact) mass is 383 g/mol. The molecule has 1 aliphatic rings. The van der Waals surface area contributed by atoms with E-state index in [9.17, 15) is 4.79 Å². The van der Waals surface area contributed by atoms with Crippen LogP contribution < -0.4 is 20.1 Å². The molecule has 0 saturated heterocycles. The van der Waals surface area contributed by atoms with E-state index in [1.807, 2.05) is 44.3 Å². The highest BCUT2D eigenvalue weighted by Crippen LogP contribution is 2.33. The fourth-order valence-corrected chi connectivity index (χ4v) is 3.87. The van der Waals surface area contributed by atoms with E-state index in [0.29, 0.717) is 18.0 Å². The van der Waals surface area contributed by atoms with Crippen LogP contribution in [-0.2, 0) is 17.8 Å². The molecule has 6 heteroatoms. The Morgan fingerprint density at radius 3 is 2.68 bits per heavy atom. The normalized spacial score (nSPS) is 14.2. The lowest BCUT2D eigenvalue weighted by Crippen LogP contribution is -2.47. The molecule has 1 atom stereocenters. The molecular weight excluding hydrogens is 354 g/mol. The van der Waals surface area contributed by atoms with Gasteiger partial charge in [0.2, 0.25) is 5.91 Å². The third-order valence-corrected chi connectivity index (χ3v) is 5.39. The molecule has 1 unspecified atom stereocenters. The summed E-state index contributed by atoms with van der Waals surface area (Å²) in [6.45, 7) is 3.32. The lowest BCUT2D eigenvalue weighted by molar-refractivity contribution is -0.131. The smallest absolute Gasteiger partial charge is 0.245 e. The largest absolute Gasteiger partial charge is 0.493 e. The van der Waals surface area contributed by atoms with Crippen molar-refractivity contribution in [3.8, 4) is 11.5 Å². The Hall–Kier alpha value is -2.89. The molecule has 0 aliphatic carbocycles. The maximum absolute atomic E-state index is 13.1. The number of ether oxygens (including phenoxy) is 2. The van der Waals surface area contributed by atoms with Gasteiger partial charge in [-0.05, 0) is 55.2 Å². The Bertz CT molecular complexity index is 853. The molecule has 6 nitrogen and oxygen atoms in total. The second-order valence-electron chi connectivity index (χ2n) is 7.20. The molecule has 2 aromatic carbocycles. The molecule has 1 heterocycles. The fraction of sp³-hybridized carbons (Fsp3) is 0.409. The van der Waals surface area contributed by atoms with Crippen molar-refractivity contribution in [1.82, 2.24) is 4.90 Å². The van der Waals surface area contributed by atoms with Crippen LogP contribution in [0.25, 0.3) is 0 Å². The molecule has 0 saturated carbocycles.